The Hall–Kier alpha value is -1.35. The van der Waals surface area contributed by atoms with Crippen molar-refractivity contribution in [3.05, 3.63) is 0 Å². The van der Waals surface area contributed by atoms with Crippen LogP contribution in [0.2, 0.25) is 0 Å². The van der Waals surface area contributed by atoms with Crippen LogP contribution in [-0.4, -0.2) is 68.3 Å². The van der Waals surface area contributed by atoms with Crippen molar-refractivity contribution in [3.63, 3.8) is 0 Å². The van der Waals surface area contributed by atoms with Crippen LogP contribution in [0, 0.1) is 0 Å². The molecule has 1 amide bonds. The van der Waals surface area contributed by atoms with Crippen molar-refractivity contribution >= 4 is 11.9 Å². The predicted octanol–water partition coefficient (Wildman–Crippen LogP) is 0.00660. The van der Waals surface area contributed by atoms with E-state index in [2.05, 4.69) is 10.2 Å². The Kier molecular flexibility index (Phi) is 7.38. The van der Waals surface area contributed by atoms with Crippen molar-refractivity contribution in [2.24, 2.45) is 0 Å². The molecule has 0 aromatic carbocycles. The molecular formula is C10H18F3N3O3. The fourth-order valence-corrected chi connectivity index (χ4v) is 0.984. The zero-order valence-corrected chi connectivity index (χ0v) is 11.1. The van der Waals surface area contributed by atoms with E-state index in [0.29, 0.717) is 11.6 Å². The Bertz CT molecular complexity index is 308. The first kappa shape index (κ1) is 17.6. The van der Waals surface area contributed by atoms with E-state index < -0.39 is 18.1 Å². The molecule has 0 aliphatic heterocycles. The molecule has 0 rings (SSSR count). The average Bonchev–Trinajstić information content (AvgIpc) is 2.29. The summed E-state index contributed by atoms with van der Waals surface area (Å²) < 4.78 is 36.3. The summed E-state index contributed by atoms with van der Waals surface area (Å²) in [4.78, 5) is 28.0. The molecule has 0 aliphatic rings. The number of likely N-dealkylation sites (N-methyl/N-ethyl adjacent to an activating group) is 2. The van der Waals surface area contributed by atoms with E-state index in [4.69, 9.17) is 0 Å². The maximum Gasteiger partial charge on any atom is 0.493 e. The molecule has 0 bridgehead atoms. The molecular weight excluding hydrogens is 267 g/mol. The molecule has 0 aromatic heterocycles. The molecule has 9 heteroatoms. The second-order valence-corrected chi connectivity index (χ2v) is 3.96. The van der Waals surface area contributed by atoms with Crippen molar-refractivity contribution in [1.82, 2.24) is 15.3 Å². The van der Waals surface area contributed by atoms with E-state index >= 15 is 0 Å². The van der Waals surface area contributed by atoms with Gasteiger partial charge in [-0.1, -0.05) is 6.92 Å². The molecule has 0 aliphatic carbocycles. The minimum atomic E-state index is -5.13. The fourth-order valence-electron chi connectivity index (χ4n) is 0.984. The lowest BCUT2D eigenvalue weighted by molar-refractivity contribution is -0.237. The van der Waals surface area contributed by atoms with Crippen LogP contribution >= 0.6 is 0 Å². The number of alkyl halides is 3. The largest absolute Gasteiger partial charge is 0.493 e. The summed E-state index contributed by atoms with van der Waals surface area (Å²) in [6, 6.07) is 0. The molecule has 0 heterocycles. The highest BCUT2D eigenvalue weighted by Crippen LogP contribution is 2.17. The van der Waals surface area contributed by atoms with E-state index in [9.17, 15) is 22.8 Å². The maximum absolute atomic E-state index is 12.1. The standard InChI is InChI=1S/C10H18F3N3O3/c1-4-14-7-8(17)16(6-5-15(2)3)19-9(18)10(11,12)13/h14H,4-7H2,1-3H3. The summed E-state index contributed by atoms with van der Waals surface area (Å²) in [5.74, 6) is -3.14. The summed E-state index contributed by atoms with van der Waals surface area (Å²) in [7, 11) is 3.36. The lowest BCUT2D eigenvalue weighted by Gasteiger charge is -2.23. The third-order valence-corrected chi connectivity index (χ3v) is 1.98. The second kappa shape index (κ2) is 7.95. The first-order chi connectivity index (χ1) is 8.68. The molecule has 1 N–H and O–H groups in total. The number of amides is 1. The highest BCUT2D eigenvalue weighted by atomic mass is 19.4. The van der Waals surface area contributed by atoms with Crippen molar-refractivity contribution in [2.45, 2.75) is 13.1 Å². The van der Waals surface area contributed by atoms with Gasteiger partial charge in [-0.05, 0) is 20.6 Å². The van der Waals surface area contributed by atoms with Gasteiger partial charge in [0.25, 0.3) is 5.91 Å². The number of carbonyl (C=O) groups is 2. The van der Waals surface area contributed by atoms with Gasteiger partial charge in [-0.2, -0.15) is 18.2 Å². The normalized spacial score (nSPS) is 11.5. The first-order valence-electron chi connectivity index (χ1n) is 5.63. The smallest absolute Gasteiger partial charge is 0.329 e. The highest BCUT2D eigenvalue weighted by Gasteiger charge is 2.43. The van der Waals surface area contributed by atoms with E-state index in [1.807, 2.05) is 0 Å². The number of nitrogens with one attached hydrogen (secondary N) is 1. The minimum Gasteiger partial charge on any atom is -0.329 e. The molecule has 0 saturated heterocycles. The number of carbonyl (C=O) groups excluding carboxylic acids is 2. The fraction of sp³-hybridized carbons (Fsp3) is 0.800. The molecule has 0 spiro atoms. The van der Waals surface area contributed by atoms with Gasteiger partial charge in [0.05, 0.1) is 13.1 Å². The summed E-state index contributed by atoms with van der Waals surface area (Å²) in [6.45, 7) is 2.14. The Morgan fingerprint density at radius 1 is 1.21 bits per heavy atom. The number of halogens is 3. The molecule has 0 atom stereocenters. The molecule has 19 heavy (non-hydrogen) atoms. The topological polar surface area (TPSA) is 61.9 Å². The maximum atomic E-state index is 12.1. The molecule has 0 unspecified atom stereocenters. The highest BCUT2D eigenvalue weighted by molar-refractivity contribution is 5.81. The lowest BCUT2D eigenvalue weighted by Crippen LogP contribution is -2.45. The van der Waals surface area contributed by atoms with E-state index in [1.165, 1.54) is 0 Å². The summed E-state index contributed by atoms with van der Waals surface area (Å²) in [5, 5.41) is 3.08. The Morgan fingerprint density at radius 3 is 2.21 bits per heavy atom. The van der Waals surface area contributed by atoms with Gasteiger partial charge in [-0.15, -0.1) is 0 Å². The van der Waals surface area contributed by atoms with E-state index in [-0.39, 0.29) is 19.6 Å². The van der Waals surface area contributed by atoms with Gasteiger partial charge < -0.3 is 15.1 Å². The Morgan fingerprint density at radius 2 is 1.79 bits per heavy atom. The van der Waals surface area contributed by atoms with Crippen LogP contribution in [0.3, 0.4) is 0 Å². The number of hydroxylamine groups is 2. The van der Waals surface area contributed by atoms with E-state index in [1.54, 1.807) is 25.9 Å². The van der Waals surface area contributed by atoms with Crippen LogP contribution in [0.1, 0.15) is 6.92 Å². The van der Waals surface area contributed by atoms with Gasteiger partial charge in [-0.25, -0.2) is 4.79 Å². The van der Waals surface area contributed by atoms with E-state index in [0.717, 1.165) is 0 Å². The summed E-state index contributed by atoms with van der Waals surface area (Å²) >= 11 is 0. The SMILES string of the molecule is CCNCC(=O)N(CCN(C)C)OC(=O)C(F)(F)F. The number of rotatable bonds is 6. The van der Waals surface area contributed by atoms with Crippen LogP contribution < -0.4 is 5.32 Å². The minimum absolute atomic E-state index is 0.140. The summed E-state index contributed by atoms with van der Waals surface area (Å²) in [5.41, 5.74) is 0. The zero-order chi connectivity index (χ0) is 15.1. The van der Waals surface area contributed by atoms with Gasteiger partial charge in [0.2, 0.25) is 0 Å². The second-order valence-electron chi connectivity index (χ2n) is 3.96. The molecule has 0 radical (unpaired) electrons. The van der Waals surface area contributed by atoms with Gasteiger partial charge in [0.15, 0.2) is 0 Å². The average molecular weight is 285 g/mol. The quantitative estimate of drug-likeness (QED) is 0.696. The molecule has 0 saturated carbocycles. The molecule has 112 valence electrons. The lowest BCUT2D eigenvalue weighted by atomic mass is 10.5. The van der Waals surface area contributed by atoms with Crippen molar-refractivity contribution in [2.75, 3.05) is 40.3 Å². The third-order valence-electron chi connectivity index (χ3n) is 1.98. The van der Waals surface area contributed by atoms with Crippen molar-refractivity contribution < 1.29 is 27.6 Å². The monoisotopic (exact) mass is 285 g/mol. The Balaban J connectivity index is 4.57. The molecule has 0 fully saturated rings. The van der Waals surface area contributed by atoms with Crippen LogP contribution in [0.5, 0.6) is 0 Å². The van der Waals surface area contributed by atoms with Crippen LogP contribution in [0.25, 0.3) is 0 Å². The third kappa shape index (κ3) is 7.62. The van der Waals surface area contributed by atoms with Crippen molar-refractivity contribution in [1.29, 1.82) is 0 Å². The van der Waals surface area contributed by atoms with Crippen LogP contribution in [0.15, 0.2) is 0 Å². The predicted molar refractivity (Wildman–Crippen MR) is 61.0 cm³/mol. The number of hydrogen-bond donors (Lipinski definition) is 1. The van der Waals surface area contributed by atoms with Gasteiger partial charge >= 0.3 is 12.1 Å². The van der Waals surface area contributed by atoms with Gasteiger partial charge in [0.1, 0.15) is 0 Å². The van der Waals surface area contributed by atoms with Crippen LogP contribution in [-0.2, 0) is 14.4 Å². The van der Waals surface area contributed by atoms with Gasteiger partial charge in [-0.3, -0.25) is 4.79 Å². The summed E-state index contributed by atoms with van der Waals surface area (Å²) in [6.07, 6.45) is -5.13. The van der Waals surface area contributed by atoms with Crippen molar-refractivity contribution in [3.8, 4) is 0 Å². The number of hydrogen-bond acceptors (Lipinski definition) is 5. The van der Waals surface area contributed by atoms with Gasteiger partial charge in [0, 0.05) is 6.54 Å². The number of nitrogens with zero attached hydrogens (tertiary/aromatic N) is 2. The molecule has 6 nitrogen and oxygen atoms in total. The molecule has 0 aromatic rings. The van der Waals surface area contributed by atoms with Crippen LogP contribution in [0.4, 0.5) is 13.2 Å². The Labute approximate surface area is 109 Å². The first-order valence-corrected chi connectivity index (χ1v) is 5.63. The zero-order valence-electron chi connectivity index (χ0n) is 11.1.